The highest BCUT2D eigenvalue weighted by Crippen LogP contribution is 2.38. The number of hydrogen-bond donors (Lipinski definition) is 1. The molecule has 2 rings (SSSR count). The highest BCUT2D eigenvalue weighted by atomic mass is 35.6. The Morgan fingerprint density at radius 2 is 1.74 bits per heavy atom. The van der Waals surface area contributed by atoms with Crippen molar-refractivity contribution in [1.82, 2.24) is 4.98 Å². The number of carboxylic acid groups (broad SMARTS) is 1. The maximum atomic E-state index is 11.6. The van der Waals surface area contributed by atoms with Crippen LogP contribution in [0.1, 0.15) is 38.7 Å². The topological polar surface area (TPSA) is 68.7 Å². The third kappa shape index (κ3) is 6.16. The molecule has 0 radical (unpaired) electrons. The van der Waals surface area contributed by atoms with Gasteiger partial charge in [0, 0.05) is 17.8 Å². The van der Waals surface area contributed by atoms with Crippen LogP contribution >= 0.6 is 34.8 Å². The molecule has 2 aromatic rings. The lowest BCUT2D eigenvalue weighted by atomic mass is 9.99. The number of hydrogen-bond acceptors (Lipinski definition) is 4. The second-order valence-electron chi connectivity index (χ2n) is 6.20. The van der Waals surface area contributed by atoms with Gasteiger partial charge in [0.15, 0.2) is 0 Å². The monoisotopic (exact) mass is 431 g/mol. The first-order valence-corrected chi connectivity index (χ1v) is 9.51. The van der Waals surface area contributed by atoms with Crippen molar-refractivity contribution in [3.05, 3.63) is 48.2 Å². The average Bonchev–Trinajstić information content (AvgIpc) is 2.61. The number of aliphatic carboxylic acids is 1. The zero-order valence-corrected chi connectivity index (χ0v) is 17.2. The SMILES string of the molecule is CCCCC(C)(Oc1ccc(Oc2ccc(C(Cl)(Cl)Cl)cn2)cc1)C(=O)O. The van der Waals surface area contributed by atoms with Crippen LogP contribution in [0.25, 0.3) is 0 Å². The minimum atomic E-state index is -1.54. The van der Waals surface area contributed by atoms with Gasteiger partial charge in [-0.3, -0.25) is 0 Å². The second kappa shape index (κ2) is 9.00. The number of alkyl halides is 3. The number of pyridine rings is 1. The molecule has 1 unspecified atom stereocenters. The zero-order valence-electron chi connectivity index (χ0n) is 14.9. The van der Waals surface area contributed by atoms with Crippen molar-refractivity contribution in [3.63, 3.8) is 0 Å². The van der Waals surface area contributed by atoms with Crippen LogP contribution < -0.4 is 9.47 Å². The summed E-state index contributed by atoms with van der Waals surface area (Å²) in [4.78, 5) is 15.6. The molecular weight excluding hydrogens is 413 g/mol. The van der Waals surface area contributed by atoms with Crippen molar-refractivity contribution < 1.29 is 19.4 Å². The summed E-state index contributed by atoms with van der Waals surface area (Å²) in [6.45, 7) is 3.58. The quantitative estimate of drug-likeness (QED) is 0.509. The fraction of sp³-hybridized carbons (Fsp3) is 0.368. The van der Waals surface area contributed by atoms with E-state index in [-0.39, 0.29) is 0 Å². The van der Waals surface area contributed by atoms with E-state index in [0.29, 0.717) is 29.4 Å². The van der Waals surface area contributed by atoms with Crippen LogP contribution in [-0.2, 0) is 8.59 Å². The van der Waals surface area contributed by atoms with E-state index >= 15 is 0 Å². The van der Waals surface area contributed by atoms with E-state index in [9.17, 15) is 9.90 Å². The number of aromatic nitrogens is 1. The molecule has 0 saturated carbocycles. The molecule has 1 aromatic heterocycles. The molecule has 146 valence electrons. The lowest BCUT2D eigenvalue weighted by Crippen LogP contribution is -2.41. The third-order valence-corrected chi connectivity index (χ3v) is 4.57. The normalized spacial score (nSPS) is 13.7. The third-order valence-electron chi connectivity index (χ3n) is 3.91. The van der Waals surface area contributed by atoms with E-state index < -0.39 is 15.4 Å². The Kier molecular flexibility index (Phi) is 7.20. The van der Waals surface area contributed by atoms with Gasteiger partial charge in [-0.15, -0.1) is 0 Å². The summed E-state index contributed by atoms with van der Waals surface area (Å²) in [6.07, 6.45) is 3.51. The van der Waals surface area contributed by atoms with Crippen LogP contribution in [0.15, 0.2) is 42.6 Å². The van der Waals surface area contributed by atoms with Crippen LogP contribution in [0, 0.1) is 0 Å². The van der Waals surface area contributed by atoms with Crippen molar-refractivity contribution in [2.24, 2.45) is 0 Å². The van der Waals surface area contributed by atoms with Crippen LogP contribution in [-0.4, -0.2) is 21.7 Å². The Labute approximate surface area is 173 Å². The molecule has 0 fully saturated rings. The maximum absolute atomic E-state index is 11.6. The van der Waals surface area contributed by atoms with Crippen LogP contribution in [0.2, 0.25) is 0 Å². The van der Waals surface area contributed by atoms with Crippen LogP contribution in [0.5, 0.6) is 17.4 Å². The van der Waals surface area contributed by atoms with Crippen molar-refractivity contribution >= 4 is 40.8 Å². The highest BCUT2D eigenvalue weighted by Gasteiger charge is 2.34. The number of nitrogens with zero attached hydrogens (tertiary/aromatic N) is 1. The molecule has 1 heterocycles. The highest BCUT2D eigenvalue weighted by molar-refractivity contribution is 6.66. The fourth-order valence-electron chi connectivity index (χ4n) is 2.28. The van der Waals surface area contributed by atoms with E-state index in [1.54, 1.807) is 43.3 Å². The second-order valence-corrected chi connectivity index (χ2v) is 8.48. The zero-order chi connectivity index (χ0) is 20.1. The summed E-state index contributed by atoms with van der Waals surface area (Å²) in [5.74, 6) is 0.305. The number of unbranched alkanes of at least 4 members (excludes halogenated alkanes) is 1. The van der Waals surface area contributed by atoms with Gasteiger partial charge >= 0.3 is 5.97 Å². The maximum Gasteiger partial charge on any atom is 0.347 e. The molecule has 0 spiro atoms. The van der Waals surface area contributed by atoms with Gasteiger partial charge in [-0.2, -0.15) is 0 Å². The smallest absolute Gasteiger partial charge is 0.347 e. The van der Waals surface area contributed by atoms with Crippen LogP contribution in [0.4, 0.5) is 0 Å². The lowest BCUT2D eigenvalue weighted by molar-refractivity contribution is -0.154. The van der Waals surface area contributed by atoms with E-state index in [4.69, 9.17) is 44.3 Å². The Morgan fingerprint density at radius 3 is 2.22 bits per heavy atom. The van der Waals surface area contributed by atoms with E-state index in [1.165, 1.54) is 6.20 Å². The Morgan fingerprint density at radius 1 is 1.11 bits per heavy atom. The van der Waals surface area contributed by atoms with Crippen molar-refractivity contribution in [2.45, 2.75) is 42.5 Å². The average molecular weight is 433 g/mol. The molecule has 0 aliphatic carbocycles. The number of carbonyl (C=O) groups is 1. The van der Waals surface area contributed by atoms with Gasteiger partial charge in [0.05, 0.1) is 0 Å². The minimum Gasteiger partial charge on any atom is -0.478 e. The lowest BCUT2D eigenvalue weighted by Gasteiger charge is -2.26. The van der Waals surface area contributed by atoms with E-state index in [0.717, 1.165) is 12.8 Å². The Balaban J connectivity index is 2.05. The molecule has 5 nitrogen and oxygen atoms in total. The summed E-state index contributed by atoms with van der Waals surface area (Å²) < 4.78 is 9.80. The molecule has 1 N–H and O–H groups in total. The first-order chi connectivity index (χ1) is 12.6. The predicted molar refractivity (Wildman–Crippen MR) is 106 cm³/mol. The molecule has 0 saturated heterocycles. The number of halogens is 3. The predicted octanol–water partition coefficient (Wildman–Crippen LogP) is 6.11. The van der Waals surface area contributed by atoms with Gasteiger partial charge in [0.1, 0.15) is 11.5 Å². The Hall–Kier alpha value is -1.69. The molecule has 0 aliphatic heterocycles. The van der Waals surface area contributed by atoms with Crippen molar-refractivity contribution in [2.75, 3.05) is 0 Å². The van der Waals surface area contributed by atoms with Gasteiger partial charge in [-0.1, -0.05) is 48.1 Å². The number of rotatable bonds is 8. The molecule has 0 aliphatic rings. The van der Waals surface area contributed by atoms with Gasteiger partial charge < -0.3 is 14.6 Å². The number of carboxylic acids is 1. The summed E-state index contributed by atoms with van der Waals surface area (Å²) in [5.41, 5.74) is -0.837. The number of benzene rings is 1. The minimum absolute atomic E-state index is 0.333. The first-order valence-electron chi connectivity index (χ1n) is 8.37. The molecular formula is C19H20Cl3NO4. The summed E-state index contributed by atoms with van der Waals surface area (Å²) in [6, 6.07) is 9.84. The van der Waals surface area contributed by atoms with Gasteiger partial charge in [0.2, 0.25) is 15.3 Å². The molecule has 27 heavy (non-hydrogen) atoms. The van der Waals surface area contributed by atoms with Crippen molar-refractivity contribution in [1.29, 1.82) is 0 Å². The molecule has 8 heteroatoms. The van der Waals surface area contributed by atoms with Gasteiger partial charge in [-0.25, -0.2) is 9.78 Å². The largest absolute Gasteiger partial charge is 0.478 e. The molecule has 1 aromatic carbocycles. The summed E-state index contributed by atoms with van der Waals surface area (Å²) >= 11 is 17.4. The van der Waals surface area contributed by atoms with Crippen LogP contribution in [0.3, 0.4) is 0 Å². The van der Waals surface area contributed by atoms with E-state index in [1.807, 2.05) is 6.92 Å². The molecule has 0 amide bonds. The van der Waals surface area contributed by atoms with E-state index in [2.05, 4.69) is 4.98 Å². The molecule has 1 atom stereocenters. The first kappa shape index (κ1) is 21.6. The summed E-state index contributed by atoms with van der Waals surface area (Å²) in [7, 11) is 0. The summed E-state index contributed by atoms with van der Waals surface area (Å²) in [5, 5.41) is 9.46. The molecule has 0 bridgehead atoms. The van der Waals surface area contributed by atoms with Gasteiger partial charge in [0.25, 0.3) is 0 Å². The van der Waals surface area contributed by atoms with Crippen molar-refractivity contribution in [3.8, 4) is 17.4 Å². The van der Waals surface area contributed by atoms with Gasteiger partial charge in [-0.05, 0) is 50.1 Å². The number of ether oxygens (including phenoxy) is 2. The fourth-order valence-corrected chi connectivity index (χ4v) is 2.62. The standard InChI is InChI=1S/C19H20Cl3NO4/c1-3-4-11-18(2,17(24)25)27-15-8-6-14(7-9-15)26-16-10-5-13(12-23-16)19(20,21)22/h5-10,12H,3-4,11H2,1-2H3,(H,24,25). The Bertz CT molecular complexity index is 760.